The zero-order valence-electron chi connectivity index (χ0n) is 21.9. The quantitative estimate of drug-likeness (QED) is 0.324. The number of esters is 1. The second-order valence-electron chi connectivity index (χ2n) is 9.11. The number of methoxy groups -OCH3 is 1. The number of aliphatic hydroxyl groups excluding tert-OH is 1. The van der Waals surface area contributed by atoms with Gasteiger partial charge in [0.1, 0.15) is 30.9 Å². The maximum atomic E-state index is 12.0. The third-order valence-electron chi connectivity index (χ3n) is 6.49. The van der Waals surface area contributed by atoms with Crippen LogP contribution < -0.4 is 14.8 Å². The lowest BCUT2D eigenvalue weighted by Crippen LogP contribution is -2.53. The third-order valence-corrected chi connectivity index (χ3v) is 6.98. The van der Waals surface area contributed by atoms with Crippen LogP contribution >= 0.6 is 15.9 Å². The van der Waals surface area contributed by atoms with E-state index in [9.17, 15) is 9.90 Å². The molecule has 2 unspecified atom stereocenters. The molecule has 2 atom stereocenters. The number of fused-ring (bicyclic) bond motifs is 1. The molecule has 0 radical (unpaired) electrons. The molecule has 0 bridgehead atoms. The Morgan fingerprint density at radius 1 is 1.16 bits per heavy atom. The number of halogens is 1. The summed E-state index contributed by atoms with van der Waals surface area (Å²) in [5, 5.41) is 14.8. The van der Waals surface area contributed by atoms with Crippen LogP contribution in [-0.2, 0) is 9.53 Å². The highest BCUT2D eigenvalue weighted by Crippen LogP contribution is 2.35. The molecule has 204 valence electrons. The lowest BCUT2D eigenvalue weighted by atomic mass is 10.2. The summed E-state index contributed by atoms with van der Waals surface area (Å²) in [5.74, 6) is 1.47. The van der Waals surface area contributed by atoms with E-state index >= 15 is 0 Å². The first-order valence-corrected chi connectivity index (χ1v) is 13.5. The molecule has 2 N–H and O–H groups in total. The molecule has 0 amide bonds. The molecule has 2 heterocycles. The van der Waals surface area contributed by atoms with Gasteiger partial charge in [0.2, 0.25) is 0 Å². The number of anilines is 2. The summed E-state index contributed by atoms with van der Waals surface area (Å²) >= 11 is 3.49. The van der Waals surface area contributed by atoms with Gasteiger partial charge in [-0.25, -0.2) is 9.97 Å². The van der Waals surface area contributed by atoms with Crippen LogP contribution in [0.3, 0.4) is 0 Å². The van der Waals surface area contributed by atoms with Crippen molar-refractivity contribution in [2.45, 2.75) is 26.0 Å². The molecule has 1 saturated heterocycles. The van der Waals surface area contributed by atoms with Crippen molar-refractivity contribution in [2.24, 2.45) is 0 Å². The highest BCUT2D eigenvalue weighted by molar-refractivity contribution is 9.10. The van der Waals surface area contributed by atoms with Gasteiger partial charge in [-0.2, -0.15) is 0 Å². The highest BCUT2D eigenvalue weighted by atomic mass is 79.9. The minimum Gasteiger partial charge on any atom is -0.493 e. The maximum absolute atomic E-state index is 12.0. The van der Waals surface area contributed by atoms with E-state index < -0.39 is 6.10 Å². The summed E-state index contributed by atoms with van der Waals surface area (Å²) < 4.78 is 17.6. The van der Waals surface area contributed by atoms with Gasteiger partial charge in [0.15, 0.2) is 11.5 Å². The SMILES string of the molecule is CCOC(=O)C(C)N1CCN(CC(O)COc2cc3c(Nc4cccc(Br)c4)ncnc3cc2OC)CC1. The van der Waals surface area contributed by atoms with E-state index in [2.05, 4.69) is 41.0 Å². The van der Waals surface area contributed by atoms with Gasteiger partial charge in [-0.15, -0.1) is 0 Å². The zero-order chi connectivity index (χ0) is 27.1. The summed E-state index contributed by atoms with van der Waals surface area (Å²) in [5.41, 5.74) is 1.59. The molecule has 10 nitrogen and oxygen atoms in total. The van der Waals surface area contributed by atoms with E-state index in [0.717, 1.165) is 41.7 Å². The van der Waals surface area contributed by atoms with Crippen LogP contribution in [0, 0.1) is 0 Å². The summed E-state index contributed by atoms with van der Waals surface area (Å²) in [7, 11) is 1.57. The number of β-amino-alcohol motifs (C(OH)–C–C–N with tert-alkyl or cyclic N) is 1. The molecule has 1 aromatic heterocycles. The van der Waals surface area contributed by atoms with Gasteiger partial charge in [0.25, 0.3) is 0 Å². The molecule has 11 heteroatoms. The Labute approximate surface area is 231 Å². The number of ether oxygens (including phenoxy) is 3. The topological polar surface area (TPSA) is 109 Å². The Kier molecular flexibility index (Phi) is 9.73. The smallest absolute Gasteiger partial charge is 0.323 e. The van der Waals surface area contributed by atoms with Gasteiger partial charge in [-0.1, -0.05) is 22.0 Å². The summed E-state index contributed by atoms with van der Waals surface area (Å²) in [6.07, 6.45) is 0.801. The number of rotatable bonds is 11. The van der Waals surface area contributed by atoms with Crippen molar-refractivity contribution < 1.29 is 24.1 Å². The van der Waals surface area contributed by atoms with Crippen molar-refractivity contribution in [1.29, 1.82) is 0 Å². The number of benzene rings is 2. The summed E-state index contributed by atoms with van der Waals surface area (Å²) in [6.45, 7) is 7.61. The molecule has 3 aromatic rings. The number of piperazine rings is 1. The van der Waals surface area contributed by atoms with Crippen molar-refractivity contribution >= 4 is 44.3 Å². The van der Waals surface area contributed by atoms with Crippen LogP contribution in [0.4, 0.5) is 11.5 Å². The Balaban J connectivity index is 1.37. The standard InChI is InChI=1S/C27H34BrN5O5/c1-4-37-27(35)18(2)33-10-8-32(9-11-33)15-21(34)16-38-25-13-22-23(14-24(25)36-3)29-17-30-26(22)31-20-7-5-6-19(28)12-20/h5-7,12-14,17-18,21,34H,4,8-11,15-16H2,1-3H3,(H,29,30,31). The van der Waals surface area contributed by atoms with Crippen LogP contribution in [-0.4, -0.2) is 96.0 Å². The minimum absolute atomic E-state index is 0.101. The number of carbonyl (C=O) groups excluding carboxylic acids is 1. The van der Waals surface area contributed by atoms with Gasteiger partial charge < -0.3 is 24.6 Å². The second kappa shape index (κ2) is 13.2. The third kappa shape index (κ3) is 7.10. The van der Waals surface area contributed by atoms with Gasteiger partial charge in [0.05, 0.1) is 19.2 Å². The van der Waals surface area contributed by atoms with E-state index in [-0.39, 0.29) is 18.6 Å². The Bertz CT molecular complexity index is 1240. The number of nitrogens with one attached hydrogen (secondary N) is 1. The fourth-order valence-corrected chi connectivity index (χ4v) is 4.82. The van der Waals surface area contributed by atoms with Crippen LogP contribution in [0.2, 0.25) is 0 Å². The number of hydrogen-bond donors (Lipinski definition) is 2. The summed E-state index contributed by atoms with van der Waals surface area (Å²) in [6, 6.07) is 11.2. The lowest BCUT2D eigenvalue weighted by Gasteiger charge is -2.37. The first-order valence-electron chi connectivity index (χ1n) is 12.7. The van der Waals surface area contributed by atoms with Crippen LogP contribution in [0.25, 0.3) is 10.9 Å². The van der Waals surface area contributed by atoms with Crippen LogP contribution in [0.1, 0.15) is 13.8 Å². The molecule has 1 aliphatic rings. The Hall–Kier alpha value is -2.99. The average Bonchev–Trinajstić information content (AvgIpc) is 2.92. The van der Waals surface area contributed by atoms with Crippen molar-refractivity contribution in [3.8, 4) is 11.5 Å². The van der Waals surface area contributed by atoms with Crippen LogP contribution in [0.5, 0.6) is 11.5 Å². The van der Waals surface area contributed by atoms with Gasteiger partial charge in [0, 0.05) is 54.3 Å². The van der Waals surface area contributed by atoms with Crippen molar-refractivity contribution in [3.63, 3.8) is 0 Å². The molecule has 0 spiro atoms. The van der Waals surface area contributed by atoms with Gasteiger partial charge >= 0.3 is 5.97 Å². The van der Waals surface area contributed by atoms with E-state index in [0.29, 0.717) is 36.0 Å². The lowest BCUT2D eigenvalue weighted by molar-refractivity contribution is -0.149. The van der Waals surface area contributed by atoms with Crippen molar-refractivity contribution in [3.05, 3.63) is 47.2 Å². The first-order chi connectivity index (χ1) is 18.4. The van der Waals surface area contributed by atoms with E-state index in [1.54, 1.807) is 13.2 Å². The minimum atomic E-state index is -0.698. The molecule has 4 rings (SSSR count). The fraction of sp³-hybridized carbons (Fsp3) is 0.444. The van der Waals surface area contributed by atoms with E-state index in [4.69, 9.17) is 14.2 Å². The largest absolute Gasteiger partial charge is 0.493 e. The predicted molar refractivity (Wildman–Crippen MR) is 149 cm³/mol. The monoisotopic (exact) mass is 587 g/mol. The molecule has 1 fully saturated rings. The molecule has 0 saturated carbocycles. The zero-order valence-corrected chi connectivity index (χ0v) is 23.5. The van der Waals surface area contributed by atoms with Crippen molar-refractivity contribution in [2.75, 3.05) is 58.4 Å². The number of hydrogen-bond acceptors (Lipinski definition) is 10. The molecular weight excluding hydrogens is 554 g/mol. The molecular formula is C27H34BrN5O5. The molecule has 2 aromatic carbocycles. The first kappa shape index (κ1) is 28.0. The number of aromatic nitrogens is 2. The molecule has 1 aliphatic heterocycles. The normalized spacial score (nSPS) is 16.1. The average molecular weight is 589 g/mol. The molecule has 0 aliphatic carbocycles. The fourth-order valence-electron chi connectivity index (χ4n) is 4.42. The van der Waals surface area contributed by atoms with Crippen molar-refractivity contribution in [1.82, 2.24) is 19.8 Å². The van der Waals surface area contributed by atoms with E-state index in [1.165, 1.54) is 6.33 Å². The van der Waals surface area contributed by atoms with Gasteiger partial charge in [-0.05, 0) is 38.1 Å². The number of carbonyl (C=O) groups is 1. The second-order valence-corrected chi connectivity index (χ2v) is 10.0. The Morgan fingerprint density at radius 2 is 1.95 bits per heavy atom. The maximum Gasteiger partial charge on any atom is 0.323 e. The van der Waals surface area contributed by atoms with Crippen LogP contribution in [0.15, 0.2) is 47.2 Å². The molecule has 38 heavy (non-hydrogen) atoms. The highest BCUT2D eigenvalue weighted by Gasteiger charge is 2.27. The number of aliphatic hydroxyl groups is 1. The Morgan fingerprint density at radius 3 is 2.66 bits per heavy atom. The number of nitrogens with zero attached hydrogens (tertiary/aromatic N) is 4. The summed E-state index contributed by atoms with van der Waals surface area (Å²) in [4.78, 5) is 25.1. The van der Waals surface area contributed by atoms with E-state index in [1.807, 2.05) is 44.2 Å². The van der Waals surface area contributed by atoms with Gasteiger partial charge in [-0.3, -0.25) is 14.6 Å². The predicted octanol–water partition coefficient (Wildman–Crippen LogP) is 3.45.